The van der Waals surface area contributed by atoms with E-state index in [0.717, 1.165) is 38.5 Å². The van der Waals surface area contributed by atoms with Crippen molar-refractivity contribution >= 4 is 11.7 Å². The van der Waals surface area contributed by atoms with Crippen LogP contribution in [0.2, 0.25) is 0 Å². The Bertz CT molecular complexity index is 848. The zero-order chi connectivity index (χ0) is 20.9. The van der Waals surface area contributed by atoms with E-state index in [1.807, 2.05) is 12.1 Å². The molecule has 1 spiro atoms. The van der Waals surface area contributed by atoms with Gasteiger partial charge in [-0.25, -0.2) is 0 Å². The molecule has 0 aromatic heterocycles. The number of aliphatic carboxylic acids is 1. The van der Waals surface area contributed by atoms with Crippen LogP contribution in [0.3, 0.4) is 0 Å². The van der Waals surface area contributed by atoms with E-state index in [1.165, 1.54) is 11.1 Å². The lowest BCUT2D eigenvalue weighted by Gasteiger charge is -2.53. The maximum Gasteiger partial charge on any atom is 0.303 e. The van der Waals surface area contributed by atoms with Crippen LogP contribution < -0.4 is 0 Å². The number of carboxylic acids is 1. The van der Waals surface area contributed by atoms with Gasteiger partial charge in [-0.05, 0) is 90.6 Å². The molecule has 162 valence electrons. The third kappa shape index (κ3) is 2.94. The minimum Gasteiger partial charge on any atom is -0.481 e. The molecule has 6 nitrogen and oxygen atoms in total. The summed E-state index contributed by atoms with van der Waals surface area (Å²) in [7, 11) is 0. The van der Waals surface area contributed by atoms with Crippen LogP contribution in [0.5, 0.6) is 0 Å². The lowest BCUT2D eigenvalue weighted by atomic mass is 9.53. The Morgan fingerprint density at radius 1 is 1.27 bits per heavy atom. The predicted molar refractivity (Wildman–Crippen MR) is 112 cm³/mol. The number of ether oxygens (including phenoxy) is 2. The number of carboxylic acid groups (broad SMARTS) is 1. The number of nitroso groups, excluding NO2 is 1. The second-order valence-electron chi connectivity index (χ2n) is 9.97. The van der Waals surface area contributed by atoms with Crippen molar-refractivity contribution in [3.8, 4) is 0 Å². The molecule has 0 bridgehead atoms. The normalized spacial score (nSPS) is 36.2. The maximum atomic E-state index is 11.1. The Kier molecular flexibility index (Phi) is 4.98. The van der Waals surface area contributed by atoms with Crippen molar-refractivity contribution in [2.24, 2.45) is 28.3 Å². The van der Waals surface area contributed by atoms with Crippen molar-refractivity contribution in [2.45, 2.75) is 70.0 Å². The summed E-state index contributed by atoms with van der Waals surface area (Å²) in [5, 5.41) is 12.3. The van der Waals surface area contributed by atoms with Gasteiger partial charge >= 0.3 is 5.97 Å². The second kappa shape index (κ2) is 7.41. The third-order valence-corrected chi connectivity index (χ3v) is 8.70. The minimum atomic E-state index is -0.716. The van der Waals surface area contributed by atoms with Gasteiger partial charge in [-0.2, -0.15) is 0 Å². The Morgan fingerprint density at radius 3 is 2.80 bits per heavy atom. The molecule has 5 atom stereocenters. The summed E-state index contributed by atoms with van der Waals surface area (Å²) in [5.74, 6) is 0.728. The number of carbonyl (C=O) groups is 1. The SMILES string of the molecule is CC12CCC3c4ccc(N=O)cc4CCC3C1C(CCCC(=O)O)CC21OCCO1. The quantitative estimate of drug-likeness (QED) is 0.674. The van der Waals surface area contributed by atoms with Gasteiger partial charge in [-0.1, -0.05) is 13.0 Å². The van der Waals surface area contributed by atoms with Gasteiger partial charge in [0, 0.05) is 18.3 Å². The van der Waals surface area contributed by atoms with Gasteiger partial charge in [-0.15, -0.1) is 4.91 Å². The van der Waals surface area contributed by atoms with Crippen LogP contribution in [0.25, 0.3) is 0 Å². The summed E-state index contributed by atoms with van der Waals surface area (Å²) in [6.45, 7) is 3.68. The van der Waals surface area contributed by atoms with Crippen LogP contribution in [0.1, 0.15) is 68.9 Å². The van der Waals surface area contributed by atoms with Gasteiger partial charge in [0.2, 0.25) is 0 Å². The van der Waals surface area contributed by atoms with Crippen LogP contribution in [0, 0.1) is 28.1 Å². The number of rotatable bonds is 5. The molecule has 1 heterocycles. The summed E-state index contributed by atoms with van der Waals surface area (Å²) in [6, 6.07) is 5.94. The van der Waals surface area contributed by atoms with Gasteiger partial charge in [0.25, 0.3) is 0 Å². The lowest BCUT2D eigenvalue weighted by molar-refractivity contribution is -0.237. The van der Waals surface area contributed by atoms with Crippen LogP contribution in [-0.2, 0) is 20.7 Å². The molecule has 5 unspecified atom stereocenters. The number of benzene rings is 1. The number of nitrogens with zero attached hydrogens (tertiary/aromatic N) is 1. The summed E-state index contributed by atoms with van der Waals surface area (Å²) in [6.07, 6.45) is 6.99. The highest BCUT2D eigenvalue weighted by Crippen LogP contribution is 2.68. The highest BCUT2D eigenvalue weighted by atomic mass is 16.7. The van der Waals surface area contributed by atoms with Gasteiger partial charge in [0.05, 0.1) is 13.2 Å². The molecule has 0 radical (unpaired) electrons. The second-order valence-corrected chi connectivity index (χ2v) is 9.97. The summed E-state index contributed by atoms with van der Waals surface area (Å²) in [5.41, 5.74) is 3.16. The van der Waals surface area contributed by atoms with Crippen molar-refractivity contribution in [1.29, 1.82) is 0 Å². The van der Waals surface area contributed by atoms with Crippen LogP contribution >= 0.6 is 0 Å². The molecule has 0 amide bonds. The standard InChI is InChI=1S/C24H31NO5/c1-23-10-9-19-18-8-6-17(25-28)13-15(18)5-7-20(19)22(23)16(3-2-4-21(26)27)14-24(23)29-11-12-30-24/h6,8,13,16,19-20,22H,2-5,7,9-12,14H2,1H3,(H,26,27). The summed E-state index contributed by atoms with van der Waals surface area (Å²) < 4.78 is 12.7. The molecular formula is C24H31NO5. The number of fused-ring (bicyclic) bond motifs is 6. The lowest BCUT2D eigenvalue weighted by Crippen LogP contribution is -2.51. The Hall–Kier alpha value is -1.79. The average Bonchev–Trinajstić information content (AvgIpc) is 3.31. The molecule has 30 heavy (non-hydrogen) atoms. The van der Waals surface area contributed by atoms with Crippen LogP contribution in [0.4, 0.5) is 5.69 Å². The zero-order valence-electron chi connectivity index (χ0n) is 17.6. The van der Waals surface area contributed by atoms with Crippen LogP contribution in [0.15, 0.2) is 23.4 Å². The first-order valence-corrected chi connectivity index (χ1v) is 11.4. The van der Waals surface area contributed by atoms with E-state index in [4.69, 9.17) is 14.6 Å². The molecule has 1 N–H and O–H groups in total. The molecule has 3 fully saturated rings. The topological polar surface area (TPSA) is 85.2 Å². The van der Waals surface area contributed by atoms with E-state index in [0.29, 0.717) is 49.0 Å². The van der Waals surface area contributed by atoms with Gasteiger partial charge < -0.3 is 14.6 Å². The monoisotopic (exact) mass is 413 g/mol. The van der Waals surface area contributed by atoms with E-state index in [9.17, 15) is 9.70 Å². The van der Waals surface area contributed by atoms with Gasteiger partial charge in [0.1, 0.15) is 5.69 Å². The smallest absolute Gasteiger partial charge is 0.303 e. The molecule has 1 saturated heterocycles. The number of aryl methyl sites for hydroxylation is 1. The van der Waals surface area contributed by atoms with E-state index < -0.39 is 11.8 Å². The average molecular weight is 414 g/mol. The first-order valence-electron chi connectivity index (χ1n) is 11.4. The fourth-order valence-electron chi connectivity index (χ4n) is 7.59. The van der Waals surface area contributed by atoms with Gasteiger partial charge in [0.15, 0.2) is 5.79 Å². The molecule has 1 aliphatic heterocycles. The predicted octanol–water partition coefficient (Wildman–Crippen LogP) is 5.16. The van der Waals surface area contributed by atoms with Crippen molar-refractivity contribution in [2.75, 3.05) is 13.2 Å². The molecule has 2 saturated carbocycles. The van der Waals surface area contributed by atoms with E-state index in [1.54, 1.807) is 0 Å². The summed E-state index contributed by atoms with van der Waals surface area (Å²) >= 11 is 0. The van der Waals surface area contributed by atoms with Crippen molar-refractivity contribution < 1.29 is 19.4 Å². The number of hydrogen-bond acceptors (Lipinski definition) is 5. The van der Waals surface area contributed by atoms with Crippen molar-refractivity contribution in [1.82, 2.24) is 0 Å². The molecule has 1 aromatic rings. The molecule has 3 aliphatic carbocycles. The fraction of sp³-hybridized carbons (Fsp3) is 0.708. The maximum absolute atomic E-state index is 11.1. The van der Waals surface area contributed by atoms with Crippen LogP contribution in [-0.4, -0.2) is 30.1 Å². The van der Waals surface area contributed by atoms with Crippen molar-refractivity contribution in [3.63, 3.8) is 0 Å². The molecule has 1 aromatic carbocycles. The van der Waals surface area contributed by atoms with E-state index >= 15 is 0 Å². The molecule has 6 heteroatoms. The zero-order valence-corrected chi connectivity index (χ0v) is 17.6. The third-order valence-electron chi connectivity index (χ3n) is 8.70. The summed E-state index contributed by atoms with van der Waals surface area (Å²) in [4.78, 5) is 22.1. The highest BCUT2D eigenvalue weighted by Gasteiger charge is 2.68. The molecule has 5 rings (SSSR count). The molecule has 4 aliphatic rings. The van der Waals surface area contributed by atoms with E-state index in [2.05, 4.69) is 18.2 Å². The first kappa shape index (κ1) is 20.1. The number of hydrogen-bond donors (Lipinski definition) is 1. The Balaban J connectivity index is 1.48. The Labute approximate surface area is 177 Å². The fourth-order valence-corrected chi connectivity index (χ4v) is 7.59. The van der Waals surface area contributed by atoms with E-state index in [-0.39, 0.29) is 11.8 Å². The van der Waals surface area contributed by atoms with Gasteiger partial charge in [-0.3, -0.25) is 4.79 Å². The first-order chi connectivity index (χ1) is 14.5. The molecular weight excluding hydrogens is 382 g/mol. The highest BCUT2D eigenvalue weighted by molar-refractivity contribution is 5.66. The Morgan fingerprint density at radius 2 is 2.07 bits per heavy atom. The largest absolute Gasteiger partial charge is 0.481 e. The van der Waals surface area contributed by atoms with Crippen molar-refractivity contribution in [3.05, 3.63) is 34.2 Å². The minimum absolute atomic E-state index is 0.0274.